The lowest BCUT2D eigenvalue weighted by molar-refractivity contribution is 0.123. The number of rotatable bonds is 9. The minimum atomic E-state index is -0.590. The zero-order chi connectivity index (χ0) is 20.5. The number of aliphatic imine (C=N–C) groups is 1. The van der Waals surface area contributed by atoms with E-state index in [1.807, 2.05) is 42.5 Å². The summed E-state index contributed by atoms with van der Waals surface area (Å²) < 4.78 is 12.2. The summed E-state index contributed by atoms with van der Waals surface area (Å²) in [6.07, 6.45) is -0.590. The molecule has 3 aromatic rings. The molecule has 2 aromatic carbocycles. The van der Waals surface area contributed by atoms with Crippen molar-refractivity contribution >= 4 is 51.4 Å². The lowest BCUT2D eigenvalue weighted by atomic mass is 10.2. The minimum Gasteiger partial charge on any atom is -0.496 e. The topological polar surface area (TPSA) is 75.1 Å². The van der Waals surface area contributed by atoms with Crippen LogP contribution in [0.2, 0.25) is 0 Å². The maximum absolute atomic E-state index is 10.5. The molecule has 0 bridgehead atoms. The van der Waals surface area contributed by atoms with E-state index in [-0.39, 0.29) is 24.0 Å². The van der Waals surface area contributed by atoms with Crippen LogP contribution >= 0.6 is 35.3 Å². The van der Waals surface area contributed by atoms with E-state index < -0.39 is 6.10 Å². The monoisotopic (exact) mass is 541 g/mol. The molecule has 0 amide bonds. The van der Waals surface area contributed by atoms with Gasteiger partial charge in [-0.3, -0.25) is 4.99 Å². The van der Waals surface area contributed by atoms with Crippen molar-refractivity contribution < 1.29 is 14.6 Å². The van der Waals surface area contributed by atoms with E-state index in [0.717, 1.165) is 21.6 Å². The van der Waals surface area contributed by atoms with Crippen LogP contribution in [0.1, 0.15) is 16.5 Å². The molecule has 3 rings (SSSR count). The van der Waals surface area contributed by atoms with Crippen LogP contribution in [-0.4, -0.2) is 44.9 Å². The summed E-state index contributed by atoms with van der Waals surface area (Å²) in [4.78, 5) is 5.13. The molecule has 0 aliphatic carbocycles. The fourth-order valence-corrected chi connectivity index (χ4v) is 3.98. The van der Waals surface area contributed by atoms with Crippen LogP contribution in [0.5, 0.6) is 5.75 Å². The number of methoxy groups -OCH3 is 1. The number of benzene rings is 2. The summed E-state index contributed by atoms with van der Waals surface area (Å²) in [5.41, 5.74) is 1.02. The van der Waals surface area contributed by atoms with Crippen molar-refractivity contribution in [2.75, 3.05) is 33.9 Å². The zero-order valence-corrected chi connectivity index (χ0v) is 20.3. The number of aliphatic hydroxyl groups excluding tert-OH is 1. The van der Waals surface area contributed by atoms with E-state index in [2.05, 4.69) is 27.8 Å². The minimum absolute atomic E-state index is 0. The van der Waals surface area contributed by atoms with Gasteiger partial charge in [-0.05, 0) is 23.6 Å². The summed E-state index contributed by atoms with van der Waals surface area (Å²) >= 11 is 1.61. The molecule has 162 valence electrons. The fraction of sp³-hybridized carbons (Fsp3) is 0.318. The Hall–Kier alpha value is -1.88. The predicted molar refractivity (Wildman–Crippen MR) is 134 cm³/mol. The van der Waals surface area contributed by atoms with Crippen molar-refractivity contribution in [3.8, 4) is 5.75 Å². The second-order valence-electron chi connectivity index (χ2n) is 6.45. The maximum atomic E-state index is 10.5. The molecule has 0 saturated carbocycles. The fourth-order valence-electron chi connectivity index (χ4n) is 2.93. The Bertz CT molecular complexity index is 915. The number of nitrogens with one attached hydrogen (secondary N) is 2. The Kier molecular flexibility index (Phi) is 10.4. The molecule has 1 unspecified atom stereocenters. The number of ether oxygens (including phenoxy) is 2. The maximum Gasteiger partial charge on any atom is 0.191 e. The van der Waals surface area contributed by atoms with Crippen LogP contribution in [0.3, 0.4) is 0 Å². The van der Waals surface area contributed by atoms with Gasteiger partial charge in [0.2, 0.25) is 0 Å². The van der Waals surface area contributed by atoms with E-state index in [4.69, 9.17) is 9.47 Å². The predicted octanol–water partition coefficient (Wildman–Crippen LogP) is 3.94. The molecule has 0 radical (unpaired) electrons. The van der Waals surface area contributed by atoms with Crippen molar-refractivity contribution in [2.24, 2.45) is 4.99 Å². The van der Waals surface area contributed by atoms with Gasteiger partial charge in [-0.2, -0.15) is 0 Å². The molecular formula is C22H28IN3O3S. The molecule has 6 nitrogen and oxygen atoms in total. The van der Waals surface area contributed by atoms with Crippen molar-refractivity contribution in [2.45, 2.75) is 12.7 Å². The highest BCUT2D eigenvalue weighted by atomic mass is 127. The molecule has 1 heterocycles. The number of hydrogen-bond donors (Lipinski definition) is 3. The number of aliphatic hydroxyl groups is 1. The van der Waals surface area contributed by atoms with Gasteiger partial charge in [-0.25, -0.2) is 0 Å². The molecule has 0 fully saturated rings. The van der Waals surface area contributed by atoms with E-state index in [0.29, 0.717) is 32.3 Å². The normalized spacial score (nSPS) is 12.3. The van der Waals surface area contributed by atoms with Gasteiger partial charge in [0.25, 0.3) is 0 Å². The van der Waals surface area contributed by atoms with Crippen LogP contribution in [-0.2, 0) is 11.3 Å². The van der Waals surface area contributed by atoms with Gasteiger partial charge in [0.15, 0.2) is 5.96 Å². The van der Waals surface area contributed by atoms with Crippen LogP contribution in [0.15, 0.2) is 59.6 Å². The Morgan fingerprint density at radius 3 is 2.67 bits per heavy atom. The number of halogens is 1. The first-order chi connectivity index (χ1) is 14.2. The van der Waals surface area contributed by atoms with Gasteiger partial charge >= 0.3 is 0 Å². The molecule has 0 aliphatic rings. The van der Waals surface area contributed by atoms with E-state index in [9.17, 15) is 5.11 Å². The highest BCUT2D eigenvalue weighted by molar-refractivity contribution is 14.0. The van der Waals surface area contributed by atoms with Gasteiger partial charge in [-0.1, -0.05) is 36.4 Å². The van der Waals surface area contributed by atoms with Crippen LogP contribution in [0.4, 0.5) is 0 Å². The highest BCUT2D eigenvalue weighted by Gasteiger charge is 2.12. The van der Waals surface area contributed by atoms with Crippen LogP contribution < -0.4 is 15.4 Å². The van der Waals surface area contributed by atoms with Crippen LogP contribution in [0.25, 0.3) is 10.1 Å². The summed E-state index contributed by atoms with van der Waals surface area (Å²) in [7, 11) is 3.36. The average Bonchev–Trinajstić information content (AvgIpc) is 3.20. The number of guanidine groups is 1. The molecule has 30 heavy (non-hydrogen) atoms. The van der Waals surface area contributed by atoms with Gasteiger partial charge in [0, 0.05) is 35.3 Å². The first-order valence-corrected chi connectivity index (χ1v) is 10.3. The molecule has 1 aromatic heterocycles. The SMILES string of the molecule is CN=C(NCCOCc1ccccc1OC)NCC(O)c1cc2ccccc2s1.I. The second-order valence-corrected chi connectivity index (χ2v) is 7.56. The van der Waals surface area contributed by atoms with Gasteiger partial charge in [0.1, 0.15) is 11.9 Å². The third-order valence-electron chi connectivity index (χ3n) is 4.45. The molecular weight excluding hydrogens is 513 g/mol. The Labute approximate surface area is 198 Å². The largest absolute Gasteiger partial charge is 0.496 e. The molecule has 0 aliphatic heterocycles. The third-order valence-corrected chi connectivity index (χ3v) is 5.67. The molecule has 1 atom stereocenters. The van der Waals surface area contributed by atoms with Gasteiger partial charge in [-0.15, -0.1) is 35.3 Å². The first-order valence-electron chi connectivity index (χ1n) is 9.52. The standard InChI is InChI=1S/C22H27N3O3S.HI/c1-23-22(24-11-12-28-15-17-8-3-5-9-19(17)27-2)25-14-18(26)21-13-16-7-4-6-10-20(16)29-21;/h3-10,13,18,26H,11-12,14-15H2,1-2H3,(H2,23,24,25);1H. The number of nitrogens with zero attached hydrogens (tertiary/aromatic N) is 1. The smallest absolute Gasteiger partial charge is 0.191 e. The summed E-state index contributed by atoms with van der Waals surface area (Å²) in [6, 6.07) is 18.0. The second kappa shape index (κ2) is 12.7. The Morgan fingerprint density at radius 1 is 1.13 bits per heavy atom. The Morgan fingerprint density at radius 2 is 1.90 bits per heavy atom. The molecule has 8 heteroatoms. The summed E-state index contributed by atoms with van der Waals surface area (Å²) in [5.74, 6) is 1.46. The highest BCUT2D eigenvalue weighted by Crippen LogP contribution is 2.29. The van der Waals surface area contributed by atoms with Gasteiger partial charge in [0.05, 0.1) is 20.3 Å². The molecule has 3 N–H and O–H groups in total. The third kappa shape index (κ3) is 6.83. The average molecular weight is 541 g/mol. The Balaban J connectivity index is 0.00000320. The number of para-hydroxylation sites is 1. The van der Waals surface area contributed by atoms with Gasteiger partial charge < -0.3 is 25.2 Å². The zero-order valence-electron chi connectivity index (χ0n) is 17.1. The van der Waals surface area contributed by atoms with Crippen molar-refractivity contribution in [1.82, 2.24) is 10.6 Å². The summed E-state index contributed by atoms with van der Waals surface area (Å²) in [6.45, 7) is 2.00. The number of thiophene rings is 1. The van der Waals surface area contributed by atoms with Crippen molar-refractivity contribution in [1.29, 1.82) is 0 Å². The molecule has 0 spiro atoms. The van der Waals surface area contributed by atoms with Crippen molar-refractivity contribution in [3.63, 3.8) is 0 Å². The number of hydrogen-bond acceptors (Lipinski definition) is 5. The lowest BCUT2D eigenvalue weighted by Crippen LogP contribution is -2.40. The number of fused-ring (bicyclic) bond motifs is 1. The van der Waals surface area contributed by atoms with Crippen LogP contribution in [0, 0.1) is 0 Å². The quantitative estimate of drug-likeness (QED) is 0.166. The van der Waals surface area contributed by atoms with E-state index >= 15 is 0 Å². The lowest BCUT2D eigenvalue weighted by Gasteiger charge is -2.15. The van der Waals surface area contributed by atoms with E-state index in [1.54, 1.807) is 25.5 Å². The van der Waals surface area contributed by atoms with Crippen molar-refractivity contribution in [3.05, 3.63) is 65.0 Å². The molecule has 0 saturated heterocycles. The first kappa shape index (κ1) is 24.4. The van der Waals surface area contributed by atoms with E-state index in [1.165, 1.54) is 4.70 Å². The summed E-state index contributed by atoms with van der Waals surface area (Å²) in [5, 5.41) is 18.0.